The normalized spacial score (nSPS) is 9.83. The standard InChI is InChI=1S/C13H12N2O3/c1-9-6-10(7-18-9)13(17)15-12-4-2-11(3-5-12)14-8-16/h2-8H,1H3,(H,14,16)(H,15,17). The third-order valence-electron chi connectivity index (χ3n) is 2.36. The number of furan rings is 1. The van der Waals surface area contributed by atoms with E-state index in [2.05, 4.69) is 10.6 Å². The summed E-state index contributed by atoms with van der Waals surface area (Å²) < 4.78 is 5.06. The molecule has 5 heteroatoms. The first-order valence-electron chi connectivity index (χ1n) is 5.36. The first-order chi connectivity index (χ1) is 8.69. The predicted octanol–water partition coefficient (Wildman–Crippen LogP) is 2.41. The highest BCUT2D eigenvalue weighted by Gasteiger charge is 2.08. The maximum absolute atomic E-state index is 11.8. The Kier molecular flexibility index (Phi) is 3.43. The average Bonchev–Trinajstić information content (AvgIpc) is 2.79. The van der Waals surface area contributed by atoms with Gasteiger partial charge in [0.15, 0.2) is 0 Å². The third-order valence-corrected chi connectivity index (χ3v) is 2.36. The first-order valence-corrected chi connectivity index (χ1v) is 5.36. The van der Waals surface area contributed by atoms with Crippen LogP contribution in [0.5, 0.6) is 0 Å². The Morgan fingerprint density at radius 1 is 1.22 bits per heavy atom. The number of carbonyl (C=O) groups excluding carboxylic acids is 2. The maximum Gasteiger partial charge on any atom is 0.258 e. The second-order valence-corrected chi connectivity index (χ2v) is 3.74. The Balaban J connectivity index is 2.05. The van der Waals surface area contributed by atoms with Gasteiger partial charge in [0.25, 0.3) is 5.91 Å². The van der Waals surface area contributed by atoms with E-state index < -0.39 is 0 Å². The molecule has 0 bridgehead atoms. The molecule has 1 aromatic heterocycles. The van der Waals surface area contributed by atoms with E-state index in [1.807, 2.05) is 0 Å². The summed E-state index contributed by atoms with van der Waals surface area (Å²) in [7, 11) is 0. The van der Waals surface area contributed by atoms with E-state index in [4.69, 9.17) is 4.42 Å². The van der Waals surface area contributed by atoms with Gasteiger partial charge in [0.1, 0.15) is 12.0 Å². The van der Waals surface area contributed by atoms with Gasteiger partial charge >= 0.3 is 0 Å². The van der Waals surface area contributed by atoms with Crippen molar-refractivity contribution in [2.24, 2.45) is 0 Å². The summed E-state index contributed by atoms with van der Waals surface area (Å²) in [6.07, 6.45) is 2.01. The highest BCUT2D eigenvalue weighted by Crippen LogP contribution is 2.15. The van der Waals surface area contributed by atoms with Gasteiger partial charge in [-0.2, -0.15) is 0 Å². The molecule has 0 aliphatic carbocycles. The van der Waals surface area contributed by atoms with Gasteiger partial charge in [-0.25, -0.2) is 0 Å². The van der Waals surface area contributed by atoms with Gasteiger partial charge in [-0.15, -0.1) is 0 Å². The first kappa shape index (κ1) is 11.9. The minimum atomic E-state index is -0.233. The van der Waals surface area contributed by atoms with Crippen molar-refractivity contribution in [3.8, 4) is 0 Å². The number of nitrogens with one attached hydrogen (secondary N) is 2. The van der Waals surface area contributed by atoms with E-state index in [9.17, 15) is 9.59 Å². The molecule has 92 valence electrons. The van der Waals surface area contributed by atoms with Crippen molar-refractivity contribution in [2.45, 2.75) is 6.92 Å². The van der Waals surface area contributed by atoms with Crippen LogP contribution >= 0.6 is 0 Å². The van der Waals surface area contributed by atoms with Crippen LogP contribution in [0.4, 0.5) is 11.4 Å². The SMILES string of the molecule is Cc1cc(C(=O)Nc2ccc(NC=O)cc2)co1. The molecule has 2 aromatic rings. The van der Waals surface area contributed by atoms with Crippen LogP contribution in [0.2, 0.25) is 0 Å². The predicted molar refractivity (Wildman–Crippen MR) is 67.5 cm³/mol. The van der Waals surface area contributed by atoms with Crippen molar-refractivity contribution in [1.82, 2.24) is 0 Å². The van der Waals surface area contributed by atoms with Crippen molar-refractivity contribution < 1.29 is 14.0 Å². The second-order valence-electron chi connectivity index (χ2n) is 3.74. The highest BCUT2D eigenvalue weighted by atomic mass is 16.3. The quantitative estimate of drug-likeness (QED) is 0.811. The lowest BCUT2D eigenvalue weighted by Gasteiger charge is -2.04. The van der Waals surface area contributed by atoms with E-state index in [1.165, 1.54) is 6.26 Å². The largest absolute Gasteiger partial charge is 0.469 e. The highest BCUT2D eigenvalue weighted by molar-refractivity contribution is 6.04. The van der Waals surface area contributed by atoms with Crippen molar-refractivity contribution in [1.29, 1.82) is 0 Å². The molecular weight excluding hydrogens is 232 g/mol. The van der Waals surface area contributed by atoms with Gasteiger partial charge in [-0.1, -0.05) is 0 Å². The summed E-state index contributed by atoms with van der Waals surface area (Å²) in [6, 6.07) is 8.47. The summed E-state index contributed by atoms with van der Waals surface area (Å²) in [5.74, 6) is 0.452. The fourth-order valence-electron chi connectivity index (χ4n) is 1.48. The zero-order chi connectivity index (χ0) is 13.0. The topological polar surface area (TPSA) is 71.3 Å². The van der Waals surface area contributed by atoms with Crippen molar-refractivity contribution in [3.63, 3.8) is 0 Å². The molecule has 0 aliphatic rings. The molecule has 0 saturated heterocycles. The molecule has 2 N–H and O–H groups in total. The van der Waals surface area contributed by atoms with Crippen molar-refractivity contribution >= 4 is 23.7 Å². The number of benzene rings is 1. The van der Waals surface area contributed by atoms with Gasteiger partial charge in [-0.05, 0) is 37.3 Å². The summed E-state index contributed by atoms with van der Waals surface area (Å²) >= 11 is 0. The lowest BCUT2D eigenvalue weighted by molar-refractivity contribution is -0.105. The van der Waals surface area contributed by atoms with Gasteiger partial charge in [0.2, 0.25) is 6.41 Å². The van der Waals surface area contributed by atoms with Gasteiger partial charge in [-0.3, -0.25) is 9.59 Å². The van der Waals surface area contributed by atoms with E-state index in [-0.39, 0.29) is 5.91 Å². The Hall–Kier alpha value is -2.56. The zero-order valence-corrected chi connectivity index (χ0v) is 9.77. The Labute approximate surface area is 104 Å². The molecule has 5 nitrogen and oxygen atoms in total. The Bertz CT molecular complexity index is 558. The molecule has 2 rings (SSSR count). The lowest BCUT2D eigenvalue weighted by Crippen LogP contribution is -2.10. The molecule has 0 radical (unpaired) electrons. The van der Waals surface area contributed by atoms with Gasteiger partial charge in [0.05, 0.1) is 5.56 Å². The summed E-state index contributed by atoms with van der Waals surface area (Å²) in [4.78, 5) is 22.0. The molecule has 0 unspecified atom stereocenters. The van der Waals surface area contributed by atoms with Gasteiger partial charge < -0.3 is 15.1 Å². The molecule has 0 aliphatic heterocycles. The molecule has 2 amide bonds. The van der Waals surface area contributed by atoms with Crippen LogP contribution in [0.3, 0.4) is 0 Å². The van der Waals surface area contributed by atoms with E-state index in [0.29, 0.717) is 29.1 Å². The molecule has 1 aromatic carbocycles. The molecular formula is C13H12N2O3. The van der Waals surface area contributed by atoms with Crippen LogP contribution in [0.25, 0.3) is 0 Å². The van der Waals surface area contributed by atoms with Crippen LogP contribution in [-0.2, 0) is 4.79 Å². The molecule has 0 saturated carbocycles. The summed E-state index contributed by atoms with van der Waals surface area (Å²) in [5.41, 5.74) is 1.79. The van der Waals surface area contributed by atoms with Crippen LogP contribution in [0.1, 0.15) is 16.1 Å². The fourth-order valence-corrected chi connectivity index (χ4v) is 1.48. The smallest absolute Gasteiger partial charge is 0.258 e. The number of hydrogen-bond acceptors (Lipinski definition) is 3. The third kappa shape index (κ3) is 2.76. The minimum absolute atomic E-state index is 0.233. The number of rotatable bonds is 4. The summed E-state index contributed by atoms with van der Waals surface area (Å²) in [5, 5.41) is 5.24. The van der Waals surface area contributed by atoms with E-state index >= 15 is 0 Å². The fraction of sp³-hybridized carbons (Fsp3) is 0.0769. The van der Waals surface area contributed by atoms with Crippen LogP contribution in [-0.4, -0.2) is 12.3 Å². The van der Waals surface area contributed by atoms with Gasteiger partial charge in [0, 0.05) is 11.4 Å². The van der Waals surface area contributed by atoms with Crippen LogP contribution < -0.4 is 10.6 Å². The van der Waals surface area contributed by atoms with Crippen molar-refractivity contribution in [2.75, 3.05) is 10.6 Å². The molecule has 0 fully saturated rings. The molecule has 0 atom stereocenters. The monoisotopic (exact) mass is 244 g/mol. The Morgan fingerprint density at radius 2 is 1.89 bits per heavy atom. The van der Waals surface area contributed by atoms with Crippen molar-refractivity contribution in [3.05, 3.63) is 47.9 Å². The zero-order valence-electron chi connectivity index (χ0n) is 9.77. The number of aryl methyl sites for hydroxylation is 1. The summed E-state index contributed by atoms with van der Waals surface area (Å²) in [6.45, 7) is 1.77. The van der Waals surface area contributed by atoms with Crippen LogP contribution in [0, 0.1) is 6.92 Å². The Morgan fingerprint density at radius 3 is 2.44 bits per heavy atom. The second kappa shape index (κ2) is 5.18. The van der Waals surface area contributed by atoms with E-state index in [1.54, 1.807) is 37.3 Å². The average molecular weight is 244 g/mol. The number of amides is 2. The van der Waals surface area contributed by atoms with E-state index in [0.717, 1.165) is 0 Å². The number of anilines is 2. The molecule has 18 heavy (non-hydrogen) atoms. The minimum Gasteiger partial charge on any atom is -0.469 e. The number of carbonyl (C=O) groups is 2. The number of hydrogen-bond donors (Lipinski definition) is 2. The van der Waals surface area contributed by atoms with Crippen LogP contribution in [0.15, 0.2) is 41.0 Å². The lowest BCUT2D eigenvalue weighted by atomic mass is 10.2. The molecule has 1 heterocycles. The molecule has 0 spiro atoms. The maximum atomic E-state index is 11.8.